The third kappa shape index (κ3) is 3.77. The summed E-state index contributed by atoms with van der Waals surface area (Å²) in [5.41, 5.74) is 1.38. The van der Waals surface area contributed by atoms with Crippen LogP contribution in [0.4, 0.5) is 10.2 Å². The molecule has 7 nitrogen and oxygen atoms in total. The number of nitrogens with one attached hydrogen (secondary N) is 2. The molecule has 3 aromatic rings. The van der Waals surface area contributed by atoms with Crippen LogP contribution < -0.4 is 5.32 Å². The van der Waals surface area contributed by atoms with Crippen LogP contribution in [-0.4, -0.2) is 50.4 Å². The number of amides is 1. The van der Waals surface area contributed by atoms with Crippen LogP contribution in [0.1, 0.15) is 19.8 Å². The van der Waals surface area contributed by atoms with E-state index >= 15 is 0 Å². The lowest BCUT2D eigenvalue weighted by atomic mass is 9.97. The fourth-order valence-electron chi connectivity index (χ4n) is 3.48. The number of halogens is 2. The Morgan fingerprint density at radius 3 is 2.89 bits per heavy atom. The molecule has 0 spiro atoms. The van der Waals surface area contributed by atoms with Crippen molar-refractivity contribution in [2.75, 3.05) is 25.0 Å². The monoisotopic (exact) mass is 402 g/mol. The molecule has 1 fully saturated rings. The summed E-state index contributed by atoms with van der Waals surface area (Å²) in [6, 6.07) is 1.78. The number of fused-ring (bicyclic) bond motifs is 1. The van der Waals surface area contributed by atoms with Crippen molar-refractivity contribution in [2.24, 2.45) is 5.92 Å². The summed E-state index contributed by atoms with van der Waals surface area (Å²) in [5, 5.41) is 4.39. The average molecular weight is 403 g/mol. The molecule has 4 rings (SSSR count). The fourth-order valence-corrected chi connectivity index (χ4v) is 3.63. The van der Waals surface area contributed by atoms with E-state index in [9.17, 15) is 9.18 Å². The number of hydrogen-bond acceptors (Lipinski definition) is 5. The van der Waals surface area contributed by atoms with Crippen molar-refractivity contribution in [3.63, 3.8) is 0 Å². The standard InChI is InChI=1S/C19H20ClFN6O/c1-11(28)27-4-2-12(3-5-27)7-22-19-16(21)10-25-18(26-19)15-9-24-17-14(15)6-13(20)8-23-17/h6,8-10,12H,2-5,7H2,1H3,(H,23,24)(H,22,25,26). The van der Waals surface area contributed by atoms with Crippen molar-refractivity contribution in [2.45, 2.75) is 19.8 Å². The predicted molar refractivity (Wildman–Crippen MR) is 106 cm³/mol. The summed E-state index contributed by atoms with van der Waals surface area (Å²) in [5.74, 6) is 0.533. The molecule has 4 heterocycles. The minimum atomic E-state index is -0.499. The molecule has 0 radical (unpaired) electrons. The minimum absolute atomic E-state index is 0.103. The fraction of sp³-hybridized carbons (Fsp3) is 0.368. The quantitative estimate of drug-likeness (QED) is 0.697. The van der Waals surface area contributed by atoms with Gasteiger partial charge in [0.05, 0.1) is 11.2 Å². The van der Waals surface area contributed by atoms with E-state index in [-0.39, 0.29) is 11.7 Å². The summed E-state index contributed by atoms with van der Waals surface area (Å²) >= 11 is 6.04. The van der Waals surface area contributed by atoms with Crippen molar-refractivity contribution >= 4 is 34.4 Å². The third-order valence-corrected chi connectivity index (χ3v) is 5.31. The molecule has 0 aromatic carbocycles. The molecule has 0 unspecified atom stereocenters. The number of piperidine rings is 1. The van der Waals surface area contributed by atoms with Gasteiger partial charge in [-0.15, -0.1) is 0 Å². The Morgan fingerprint density at radius 1 is 1.36 bits per heavy atom. The number of carbonyl (C=O) groups excluding carboxylic acids is 1. The number of likely N-dealkylation sites (tertiary alicyclic amines) is 1. The number of aromatic amines is 1. The van der Waals surface area contributed by atoms with E-state index in [4.69, 9.17) is 11.6 Å². The molecule has 0 aliphatic carbocycles. The van der Waals surface area contributed by atoms with Crippen LogP contribution in [0, 0.1) is 11.7 Å². The molecule has 9 heteroatoms. The van der Waals surface area contributed by atoms with E-state index in [0.29, 0.717) is 34.5 Å². The first-order valence-corrected chi connectivity index (χ1v) is 9.54. The molecule has 1 aliphatic heterocycles. The van der Waals surface area contributed by atoms with Crippen molar-refractivity contribution in [1.82, 2.24) is 24.8 Å². The maximum atomic E-state index is 14.2. The molecule has 1 amide bonds. The average Bonchev–Trinajstić information content (AvgIpc) is 3.10. The topological polar surface area (TPSA) is 86.8 Å². The Labute approximate surface area is 166 Å². The van der Waals surface area contributed by atoms with Gasteiger partial charge in [0.25, 0.3) is 0 Å². The lowest BCUT2D eigenvalue weighted by Crippen LogP contribution is -2.38. The molecule has 0 atom stereocenters. The first-order chi connectivity index (χ1) is 13.5. The number of anilines is 1. The second-order valence-corrected chi connectivity index (χ2v) is 7.41. The second kappa shape index (κ2) is 7.71. The zero-order valence-electron chi connectivity index (χ0n) is 15.4. The Balaban J connectivity index is 1.50. The van der Waals surface area contributed by atoms with Gasteiger partial charge in [-0.2, -0.15) is 0 Å². The molecule has 0 saturated carbocycles. The van der Waals surface area contributed by atoms with Crippen LogP contribution in [0.25, 0.3) is 22.4 Å². The number of H-pyrrole nitrogens is 1. The molecule has 1 aliphatic rings. The Bertz CT molecular complexity index is 1010. The normalized spacial score (nSPS) is 15.2. The first-order valence-electron chi connectivity index (χ1n) is 9.16. The van der Waals surface area contributed by atoms with E-state index in [1.807, 2.05) is 4.90 Å². The van der Waals surface area contributed by atoms with Gasteiger partial charge in [0.2, 0.25) is 5.91 Å². The molecule has 0 bridgehead atoms. The van der Waals surface area contributed by atoms with Crippen molar-refractivity contribution in [1.29, 1.82) is 0 Å². The smallest absolute Gasteiger partial charge is 0.219 e. The van der Waals surface area contributed by atoms with Crippen molar-refractivity contribution in [3.8, 4) is 11.4 Å². The minimum Gasteiger partial charge on any atom is -0.367 e. The highest BCUT2D eigenvalue weighted by molar-refractivity contribution is 6.31. The maximum absolute atomic E-state index is 14.2. The van der Waals surface area contributed by atoms with E-state index in [2.05, 4.69) is 25.3 Å². The summed E-state index contributed by atoms with van der Waals surface area (Å²) in [4.78, 5) is 29.0. The number of rotatable bonds is 4. The highest BCUT2D eigenvalue weighted by atomic mass is 35.5. The molecule has 1 saturated heterocycles. The third-order valence-electron chi connectivity index (χ3n) is 5.10. The summed E-state index contributed by atoms with van der Waals surface area (Å²) in [6.07, 6.45) is 6.24. The number of pyridine rings is 1. The van der Waals surface area contributed by atoms with E-state index in [1.165, 1.54) is 6.20 Å². The highest BCUT2D eigenvalue weighted by Crippen LogP contribution is 2.28. The van der Waals surface area contributed by atoms with Crippen LogP contribution in [0.5, 0.6) is 0 Å². The lowest BCUT2D eigenvalue weighted by molar-refractivity contribution is -0.130. The zero-order valence-corrected chi connectivity index (χ0v) is 16.1. The van der Waals surface area contributed by atoms with Crippen molar-refractivity contribution in [3.05, 3.63) is 35.5 Å². The molecule has 28 heavy (non-hydrogen) atoms. The number of carbonyl (C=O) groups is 1. The van der Waals surface area contributed by atoms with Crippen LogP contribution in [-0.2, 0) is 4.79 Å². The number of aromatic nitrogens is 4. The largest absolute Gasteiger partial charge is 0.367 e. The van der Waals surface area contributed by atoms with Gasteiger partial charge in [-0.3, -0.25) is 4.79 Å². The van der Waals surface area contributed by atoms with Crippen LogP contribution in [0.2, 0.25) is 5.02 Å². The van der Waals surface area contributed by atoms with Crippen molar-refractivity contribution < 1.29 is 9.18 Å². The second-order valence-electron chi connectivity index (χ2n) is 6.97. The molecular formula is C19H20ClFN6O. The van der Waals surface area contributed by atoms with E-state index in [0.717, 1.165) is 31.3 Å². The summed E-state index contributed by atoms with van der Waals surface area (Å²) in [6.45, 7) is 3.66. The Morgan fingerprint density at radius 2 is 2.14 bits per heavy atom. The SMILES string of the molecule is CC(=O)N1CCC(CNc2nc(-c3c[nH]c4ncc(Cl)cc34)ncc2F)CC1. The first kappa shape index (κ1) is 18.6. The Kier molecular flexibility index (Phi) is 5.13. The Hall–Kier alpha value is -2.74. The van der Waals surface area contributed by atoms with E-state index < -0.39 is 5.82 Å². The van der Waals surface area contributed by atoms with Crippen LogP contribution >= 0.6 is 11.6 Å². The highest BCUT2D eigenvalue weighted by Gasteiger charge is 2.21. The van der Waals surface area contributed by atoms with Gasteiger partial charge in [-0.1, -0.05) is 11.6 Å². The number of hydrogen-bond donors (Lipinski definition) is 2. The van der Waals surface area contributed by atoms with Gasteiger partial charge in [-0.25, -0.2) is 19.3 Å². The number of nitrogens with zero attached hydrogens (tertiary/aromatic N) is 4. The molecule has 146 valence electrons. The van der Waals surface area contributed by atoms with Gasteiger partial charge in [0, 0.05) is 49.9 Å². The molecular weight excluding hydrogens is 383 g/mol. The molecule has 3 aromatic heterocycles. The van der Waals surface area contributed by atoms with Gasteiger partial charge in [0.15, 0.2) is 17.5 Å². The van der Waals surface area contributed by atoms with Gasteiger partial charge >= 0.3 is 0 Å². The summed E-state index contributed by atoms with van der Waals surface area (Å²) in [7, 11) is 0. The summed E-state index contributed by atoms with van der Waals surface area (Å²) < 4.78 is 14.2. The van der Waals surface area contributed by atoms with Gasteiger partial charge < -0.3 is 15.2 Å². The van der Waals surface area contributed by atoms with Crippen LogP contribution in [0.3, 0.4) is 0 Å². The van der Waals surface area contributed by atoms with Crippen LogP contribution in [0.15, 0.2) is 24.7 Å². The molecule has 2 N–H and O–H groups in total. The zero-order chi connectivity index (χ0) is 19.7. The predicted octanol–water partition coefficient (Wildman–Crippen LogP) is 3.48. The lowest BCUT2D eigenvalue weighted by Gasteiger charge is -2.31. The van der Waals surface area contributed by atoms with Gasteiger partial charge in [-0.05, 0) is 24.8 Å². The maximum Gasteiger partial charge on any atom is 0.219 e. The van der Waals surface area contributed by atoms with Gasteiger partial charge in [0.1, 0.15) is 5.65 Å². The van der Waals surface area contributed by atoms with E-state index in [1.54, 1.807) is 25.4 Å².